The van der Waals surface area contributed by atoms with Crippen LogP contribution in [0.3, 0.4) is 0 Å². The van der Waals surface area contributed by atoms with E-state index >= 15 is 0 Å². The van der Waals surface area contributed by atoms with E-state index in [1.54, 1.807) is 0 Å². The first-order valence-electron chi connectivity index (χ1n) is 4.70. The molecule has 0 saturated heterocycles. The smallest absolute Gasteiger partial charge is 0.318 e. The summed E-state index contributed by atoms with van der Waals surface area (Å²) >= 11 is 5.92. The van der Waals surface area contributed by atoms with Gasteiger partial charge in [-0.2, -0.15) is 4.98 Å². The van der Waals surface area contributed by atoms with E-state index in [0.29, 0.717) is 23.4 Å². The van der Waals surface area contributed by atoms with Gasteiger partial charge in [0.2, 0.25) is 0 Å². The van der Waals surface area contributed by atoms with Gasteiger partial charge in [0.25, 0.3) is 0 Å². The lowest BCUT2D eigenvalue weighted by Crippen LogP contribution is -2.20. The molecule has 6 heteroatoms. The number of nitrogens with zero attached hydrogens (tertiary/aromatic N) is 2. The van der Waals surface area contributed by atoms with Crippen molar-refractivity contribution in [2.45, 2.75) is 19.4 Å². The van der Waals surface area contributed by atoms with Crippen LogP contribution in [0.2, 0.25) is 5.02 Å². The van der Waals surface area contributed by atoms with Crippen molar-refractivity contribution in [3.8, 4) is 6.01 Å². The third kappa shape index (κ3) is 3.53. The third-order valence-corrected chi connectivity index (χ3v) is 2.16. The van der Waals surface area contributed by atoms with Crippen LogP contribution >= 0.6 is 11.6 Å². The fourth-order valence-electron chi connectivity index (χ4n) is 1.11. The van der Waals surface area contributed by atoms with Gasteiger partial charge in [0.05, 0.1) is 13.3 Å². The van der Waals surface area contributed by atoms with Crippen LogP contribution in [-0.4, -0.2) is 29.7 Å². The van der Waals surface area contributed by atoms with E-state index in [-0.39, 0.29) is 6.04 Å². The number of ether oxygens (including phenoxy) is 1. The van der Waals surface area contributed by atoms with Gasteiger partial charge in [-0.1, -0.05) is 11.6 Å². The normalized spacial score (nSPS) is 12.3. The van der Waals surface area contributed by atoms with Crippen molar-refractivity contribution in [3.05, 3.63) is 11.2 Å². The zero-order chi connectivity index (χ0) is 11.3. The number of halogens is 1. The molecular formula is C9H15ClN4O. The highest BCUT2D eigenvalue weighted by Crippen LogP contribution is 2.21. The number of nitrogens with two attached hydrogens (primary N) is 1. The number of hydrogen-bond acceptors (Lipinski definition) is 5. The second-order valence-electron chi connectivity index (χ2n) is 3.18. The summed E-state index contributed by atoms with van der Waals surface area (Å²) in [6.07, 6.45) is 2.35. The molecule has 0 bridgehead atoms. The average Bonchev–Trinajstić information content (AvgIpc) is 2.21. The van der Waals surface area contributed by atoms with Gasteiger partial charge in [0.15, 0.2) is 5.82 Å². The number of nitrogens with one attached hydrogen (secondary N) is 1. The molecule has 0 saturated carbocycles. The summed E-state index contributed by atoms with van der Waals surface area (Å²) in [6, 6.07) is 0.508. The Morgan fingerprint density at radius 1 is 1.67 bits per heavy atom. The van der Waals surface area contributed by atoms with Gasteiger partial charge in [0.1, 0.15) is 5.02 Å². The van der Waals surface area contributed by atoms with Crippen molar-refractivity contribution in [3.63, 3.8) is 0 Å². The lowest BCUT2D eigenvalue weighted by Gasteiger charge is -2.14. The molecule has 0 aromatic carbocycles. The van der Waals surface area contributed by atoms with E-state index in [1.165, 1.54) is 13.3 Å². The molecule has 0 aliphatic heterocycles. The Hall–Kier alpha value is -1.07. The minimum Gasteiger partial charge on any atom is -0.467 e. The predicted octanol–water partition coefficient (Wildman–Crippen LogP) is 1.29. The van der Waals surface area contributed by atoms with E-state index in [4.69, 9.17) is 22.1 Å². The maximum atomic E-state index is 5.92. The number of methoxy groups -OCH3 is 1. The Kier molecular flexibility index (Phi) is 4.58. The first-order chi connectivity index (χ1) is 7.17. The molecule has 3 N–H and O–H groups in total. The molecule has 1 aromatic rings. The lowest BCUT2D eigenvalue weighted by molar-refractivity contribution is 0.380. The topological polar surface area (TPSA) is 73.1 Å². The van der Waals surface area contributed by atoms with Crippen LogP contribution in [0.25, 0.3) is 0 Å². The summed E-state index contributed by atoms with van der Waals surface area (Å²) < 4.78 is 4.91. The molecule has 1 aromatic heterocycles. The maximum Gasteiger partial charge on any atom is 0.318 e. The summed E-state index contributed by atoms with van der Waals surface area (Å²) in [4.78, 5) is 7.98. The van der Waals surface area contributed by atoms with Crippen LogP contribution in [0.4, 0.5) is 5.82 Å². The van der Waals surface area contributed by atoms with Gasteiger partial charge in [-0.25, -0.2) is 4.98 Å². The average molecular weight is 231 g/mol. The standard InChI is InChI=1S/C9H15ClN4O/c1-6(3-4-11)13-8-7(10)5-12-9(14-8)15-2/h5-6H,3-4,11H2,1-2H3,(H,12,13,14). The molecule has 0 amide bonds. The van der Waals surface area contributed by atoms with E-state index in [9.17, 15) is 0 Å². The van der Waals surface area contributed by atoms with E-state index in [0.717, 1.165) is 6.42 Å². The van der Waals surface area contributed by atoms with E-state index in [1.807, 2.05) is 6.92 Å². The highest BCUT2D eigenvalue weighted by molar-refractivity contribution is 6.32. The molecule has 0 spiro atoms. The highest BCUT2D eigenvalue weighted by atomic mass is 35.5. The van der Waals surface area contributed by atoms with Gasteiger partial charge in [0, 0.05) is 6.04 Å². The van der Waals surface area contributed by atoms with Gasteiger partial charge in [-0.3, -0.25) is 0 Å². The minimum absolute atomic E-state index is 0.215. The Labute approximate surface area is 94.0 Å². The molecule has 1 heterocycles. The van der Waals surface area contributed by atoms with Gasteiger partial charge in [-0.05, 0) is 19.9 Å². The van der Waals surface area contributed by atoms with Crippen LogP contribution in [0.15, 0.2) is 6.20 Å². The zero-order valence-electron chi connectivity index (χ0n) is 8.83. The second-order valence-corrected chi connectivity index (χ2v) is 3.58. The molecule has 84 valence electrons. The molecule has 1 unspecified atom stereocenters. The molecule has 1 atom stereocenters. The zero-order valence-corrected chi connectivity index (χ0v) is 9.58. The summed E-state index contributed by atoms with van der Waals surface area (Å²) in [5.74, 6) is 0.574. The quantitative estimate of drug-likeness (QED) is 0.798. The molecule has 1 rings (SSSR count). The number of anilines is 1. The van der Waals surface area contributed by atoms with Crippen molar-refractivity contribution in [1.82, 2.24) is 9.97 Å². The number of hydrogen-bond donors (Lipinski definition) is 2. The SMILES string of the molecule is COc1ncc(Cl)c(NC(C)CCN)n1. The Bertz CT molecular complexity index is 321. The lowest BCUT2D eigenvalue weighted by atomic mass is 10.2. The monoisotopic (exact) mass is 230 g/mol. The van der Waals surface area contributed by atoms with Crippen molar-refractivity contribution < 1.29 is 4.74 Å². The van der Waals surface area contributed by atoms with E-state index in [2.05, 4.69) is 15.3 Å². The summed E-state index contributed by atoms with van der Waals surface area (Å²) in [6.45, 7) is 2.63. The molecular weight excluding hydrogens is 216 g/mol. The summed E-state index contributed by atoms with van der Waals surface area (Å²) in [7, 11) is 1.51. The largest absolute Gasteiger partial charge is 0.467 e. The summed E-state index contributed by atoms with van der Waals surface area (Å²) in [5.41, 5.74) is 5.45. The molecule has 15 heavy (non-hydrogen) atoms. The van der Waals surface area contributed by atoms with Crippen LogP contribution in [0, 0.1) is 0 Å². The number of rotatable bonds is 5. The van der Waals surface area contributed by atoms with Crippen molar-refractivity contribution in [2.24, 2.45) is 5.73 Å². The summed E-state index contributed by atoms with van der Waals surface area (Å²) in [5, 5.41) is 3.61. The fourth-order valence-corrected chi connectivity index (χ4v) is 1.25. The van der Waals surface area contributed by atoms with Crippen molar-refractivity contribution in [2.75, 3.05) is 19.0 Å². The first-order valence-corrected chi connectivity index (χ1v) is 5.08. The van der Waals surface area contributed by atoms with Gasteiger partial charge >= 0.3 is 6.01 Å². The minimum atomic E-state index is 0.215. The molecule has 0 aliphatic rings. The first kappa shape index (κ1) is 12.0. The van der Waals surface area contributed by atoms with Crippen LogP contribution in [0.1, 0.15) is 13.3 Å². The van der Waals surface area contributed by atoms with Crippen molar-refractivity contribution in [1.29, 1.82) is 0 Å². The third-order valence-electron chi connectivity index (χ3n) is 1.89. The van der Waals surface area contributed by atoms with Gasteiger partial charge in [-0.15, -0.1) is 0 Å². The van der Waals surface area contributed by atoms with Gasteiger partial charge < -0.3 is 15.8 Å². The fraction of sp³-hybridized carbons (Fsp3) is 0.556. The van der Waals surface area contributed by atoms with E-state index < -0.39 is 0 Å². The number of aromatic nitrogens is 2. The highest BCUT2D eigenvalue weighted by Gasteiger charge is 2.08. The Balaban J connectivity index is 2.74. The molecule has 0 aliphatic carbocycles. The molecule has 0 radical (unpaired) electrons. The van der Waals surface area contributed by atoms with Crippen LogP contribution in [-0.2, 0) is 0 Å². The predicted molar refractivity (Wildman–Crippen MR) is 60.4 cm³/mol. The molecule has 0 fully saturated rings. The van der Waals surface area contributed by atoms with Crippen molar-refractivity contribution >= 4 is 17.4 Å². The Morgan fingerprint density at radius 3 is 3.00 bits per heavy atom. The maximum absolute atomic E-state index is 5.92. The van der Waals surface area contributed by atoms with Crippen LogP contribution < -0.4 is 15.8 Å². The Morgan fingerprint density at radius 2 is 2.40 bits per heavy atom. The molecule has 5 nitrogen and oxygen atoms in total. The van der Waals surface area contributed by atoms with Crippen LogP contribution in [0.5, 0.6) is 6.01 Å². The second kappa shape index (κ2) is 5.72.